The molecule has 3 nitrogen and oxygen atoms in total. The second-order valence-corrected chi connectivity index (χ2v) is 5.69. The molecule has 0 heterocycles. The number of carboxylic acids is 1. The van der Waals surface area contributed by atoms with Gasteiger partial charge in [-0.25, -0.2) is 4.79 Å². The molecule has 20 heavy (non-hydrogen) atoms. The van der Waals surface area contributed by atoms with E-state index in [0.29, 0.717) is 17.4 Å². The zero-order chi connectivity index (χ0) is 14.7. The normalized spacial score (nSPS) is 10.6. The Balaban J connectivity index is 2.29. The molecule has 0 saturated heterocycles. The van der Waals surface area contributed by atoms with Crippen molar-refractivity contribution in [1.82, 2.24) is 0 Å². The lowest BCUT2D eigenvalue weighted by atomic mass is 10.0. The first-order valence-electron chi connectivity index (χ1n) is 6.28. The molecule has 0 aliphatic carbocycles. The van der Waals surface area contributed by atoms with Gasteiger partial charge in [0.2, 0.25) is 0 Å². The minimum atomic E-state index is -1.01. The molecule has 1 N–H and O–H groups in total. The maximum absolute atomic E-state index is 11.2. The molecule has 0 aliphatic heterocycles. The van der Waals surface area contributed by atoms with Crippen LogP contribution in [0.25, 0.3) is 0 Å². The van der Waals surface area contributed by atoms with Gasteiger partial charge in [-0.1, -0.05) is 41.9 Å². The van der Waals surface area contributed by atoms with Crippen LogP contribution in [0.5, 0.6) is 11.5 Å². The summed E-state index contributed by atoms with van der Waals surface area (Å²) in [6, 6.07) is 12.5. The van der Waals surface area contributed by atoms with Crippen LogP contribution < -0.4 is 4.74 Å². The van der Waals surface area contributed by atoms with Gasteiger partial charge in [0.25, 0.3) is 0 Å². The topological polar surface area (TPSA) is 46.5 Å². The number of hydrogen-bond acceptors (Lipinski definition) is 2. The fraction of sp³-hybridized carbons (Fsp3) is 0.188. The molecule has 0 radical (unpaired) electrons. The zero-order valence-corrected chi connectivity index (χ0v) is 12.8. The molecule has 0 aromatic heterocycles. The van der Waals surface area contributed by atoms with Crippen LogP contribution in [0.2, 0.25) is 0 Å². The van der Waals surface area contributed by atoms with Crippen molar-refractivity contribution in [2.24, 2.45) is 0 Å². The van der Waals surface area contributed by atoms with Crippen molar-refractivity contribution in [3.05, 3.63) is 58.1 Å². The van der Waals surface area contributed by atoms with Gasteiger partial charge in [0, 0.05) is 4.47 Å². The Morgan fingerprint density at radius 3 is 2.35 bits per heavy atom. The molecular formula is C16H15BrO3. The second-order valence-electron chi connectivity index (χ2n) is 4.77. The van der Waals surface area contributed by atoms with Gasteiger partial charge in [0.1, 0.15) is 17.1 Å². The largest absolute Gasteiger partial charge is 0.478 e. The highest BCUT2D eigenvalue weighted by Crippen LogP contribution is 2.29. The van der Waals surface area contributed by atoms with E-state index in [1.54, 1.807) is 12.1 Å². The average Bonchev–Trinajstić information content (AvgIpc) is 2.39. The van der Waals surface area contributed by atoms with Gasteiger partial charge < -0.3 is 9.84 Å². The van der Waals surface area contributed by atoms with Crippen LogP contribution in [-0.4, -0.2) is 11.1 Å². The fourth-order valence-corrected chi connectivity index (χ4v) is 2.15. The van der Waals surface area contributed by atoms with Gasteiger partial charge in [-0.05, 0) is 41.8 Å². The second kappa shape index (κ2) is 6.09. The average molecular weight is 335 g/mol. The van der Waals surface area contributed by atoms with Crippen LogP contribution in [0.4, 0.5) is 0 Å². The third-order valence-electron chi connectivity index (χ3n) is 2.95. The molecule has 104 valence electrons. The van der Waals surface area contributed by atoms with Gasteiger partial charge in [-0.2, -0.15) is 0 Å². The molecule has 0 bridgehead atoms. The van der Waals surface area contributed by atoms with E-state index in [-0.39, 0.29) is 5.56 Å². The Kier molecular flexibility index (Phi) is 4.45. The van der Waals surface area contributed by atoms with Crippen molar-refractivity contribution >= 4 is 21.9 Å². The summed E-state index contributed by atoms with van der Waals surface area (Å²) >= 11 is 3.32. The molecule has 0 unspecified atom stereocenters. The molecule has 2 aromatic carbocycles. The van der Waals surface area contributed by atoms with Gasteiger partial charge in [-0.3, -0.25) is 0 Å². The minimum Gasteiger partial charge on any atom is -0.478 e. The standard InChI is InChI=1S/C16H15BrO3/c1-10(2)11-3-6-13(7-4-11)20-15-9-12(17)5-8-14(15)16(18)19/h3-10H,1-2H3,(H,18,19). The van der Waals surface area contributed by atoms with Crippen molar-refractivity contribution in [3.8, 4) is 11.5 Å². The Morgan fingerprint density at radius 2 is 1.80 bits per heavy atom. The quantitative estimate of drug-likeness (QED) is 0.849. The third kappa shape index (κ3) is 3.39. The number of rotatable bonds is 4. The van der Waals surface area contributed by atoms with Crippen molar-refractivity contribution in [3.63, 3.8) is 0 Å². The summed E-state index contributed by atoms with van der Waals surface area (Å²) in [5, 5.41) is 9.16. The van der Waals surface area contributed by atoms with Crippen molar-refractivity contribution in [1.29, 1.82) is 0 Å². The minimum absolute atomic E-state index is 0.140. The molecule has 0 saturated carbocycles. The Labute approximate surface area is 126 Å². The summed E-state index contributed by atoms with van der Waals surface area (Å²) < 4.78 is 6.45. The highest BCUT2D eigenvalue weighted by molar-refractivity contribution is 9.10. The Bertz CT molecular complexity index is 618. The van der Waals surface area contributed by atoms with Crippen LogP contribution >= 0.6 is 15.9 Å². The first-order valence-corrected chi connectivity index (χ1v) is 7.07. The SMILES string of the molecule is CC(C)c1ccc(Oc2cc(Br)ccc2C(=O)O)cc1. The zero-order valence-electron chi connectivity index (χ0n) is 11.3. The fourth-order valence-electron chi connectivity index (χ4n) is 1.81. The summed E-state index contributed by atoms with van der Waals surface area (Å²) in [6.07, 6.45) is 0. The number of hydrogen-bond donors (Lipinski definition) is 1. The molecule has 4 heteroatoms. The molecule has 2 rings (SSSR count). The summed E-state index contributed by atoms with van der Waals surface area (Å²) in [7, 11) is 0. The van der Waals surface area contributed by atoms with Gasteiger partial charge in [0.05, 0.1) is 0 Å². The third-order valence-corrected chi connectivity index (χ3v) is 3.44. The summed E-state index contributed by atoms with van der Waals surface area (Å²) in [5.41, 5.74) is 1.35. The first kappa shape index (κ1) is 14.6. The summed E-state index contributed by atoms with van der Waals surface area (Å²) in [5.74, 6) is 0.384. The maximum atomic E-state index is 11.2. The molecule has 0 aliphatic rings. The number of ether oxygens (including phenoxy) is 1. The number of carbonyl (C=O) groups is 1. The Hall–Kier alpha value is -1.81. The molecule has 0 spiro atoms. The molecule has 0 fully saturated rings. The van der Waals surface area contributed by atoms with E-state index in [2.05, 4.69) is 29.8 Å². The van der Waals surface area contributed by atoms with E-state index < -0.39 is 5.97 Å². The van der Waals surface area contributed by atoms with Crippen LogP contribution in [0, 0.1) is 0 Å². The Morgan fingerprint density at radius 1 is 1.15 bits per heavy atom. The highest BCUT2D eigenvalue weighted by Gasteiger charge is 2.12. The number of aromatic carboxylic acids is 1. The number of carboxylic acid groups (broad SMARTS) is 1. The lowest BCUT2D eigenvalue weighted by Crippen LogP contribution is -2.00. The van der Waals surface area contributed by atoms with Gasteiger partial charge >= 0.3 is 5.97 Å². The van der Waals surface area contributed by atoms with E-state index >= 15 is 0 Å². The van der Waals surface area contributed by atoms with E-state index in [0.717, 1.165) is 4.47 Å². The number of halogens is 1. The van der Waals surface area contributed by atoms with E-state index in [1.165, 1.54) is 11.6 Å². The van der Waals surface area contributed by atoms with E-state index in [1.807, 2.05) is 24.3 Å². The highest BCUT2D eigenvalue weighted by atomic mass is 79.9. The molecule has 2 aromatic rings. The molecule has 0 atom stereocenters. The maximum Gasteiger partial charge on any atom is 0.339 e. The van der Waals surface area contributed by atoms with Crippen molar-refractivity contribution in [2.75, 3.05) is 0 Å². The summed E-state index contributed by atoms with van der Waals surface area (Å²) in [6.45, 7) is 4.24. The van der Waals surface area contributed by atoms with E-state index in [4.69, 9.17) is 9.84 Å². The predicted octanol–water partition coefficient (Wildman–Crippen LogP) is 5.06. The van der Waals surface area contributed by atoms with Crippen molar-refractivity contribution < 1.29 is 14.6 Å². The molecule has 0 amide bonds. The smallest absolute Gasteiger partial charge is 0.339 e. The molecular weight excluding hydrogens is 320 g/mol. The van der Waals surface area contributed by atoms with Crippen LogP contribution in [0.15, 0.2) is 46.9 Å². The first-order chi connectivity index (χ1) is 9.47. The lowest BCUT2D eigenvalue weighted by Gasteiger charge is -2.11. The van der Waals surface area contributed by atoms with Crippen molar-refractivity contribution in [2.45, 2.75) is 19.8 Å². The van der Waals surface area contributed by atoms with Crippen LogP contribution in [-0.2, 0) is 0 Å². The predicted molar refractivity (Wildman–Crippen MR) is 81.7 cm³/mol. The van der Waals surface area contributed by atoms with Gasteiger partial charge in [-0.15, -0.1) is 0 Å². The van der Waals surface area contributed by atoms with Gasteiger partial charge in [0.15, 0.2) is 0 Å². The van der Waals surface area contributed by atoms with Crippen LogP contribution in [0.3, 0.4) is 0 Å². The lowest BCUT2D eigenvalue weighted by molar-refractivity contribution is 0.0694. The monoisotopic (exact) mass is 334 g/mol. The van der Waals surface area contributed by atoms with Crippen LogP contribution in [0.1, 0.15) is 35.7 Å². The van der Waals surface area contributed by atoms with E-state index in [9.17, 15) is 4.79 Å². The number of benzene rings is 2. The summed E-state index contributed by atoms with van der Waals surface area (Å²) in [4.78, 5) is 11.2.